The van der Waals surface area contributed by atoms with E-state index >= 15 is 0 Å². The van der Waals surface area contributed by atoms with Crippen molar-refractivity contribution in [2.75, 3.05) is 33.9 Å². The third-order valence-electron chi connectivity index (χ3n) is 6.61. The highest BCUT2D eigenvalue weighted by molar-refractivity contribution is 7.18. The van der Waals surface area contributed by atoms with E-state index in [1.807, 2.05) is 24.4 Å². The number of nitrogens with zero attached hydrogens (tertiary/aromatic N) is 3. The highest BCUT2D eigenvalue weighted by Crippen LogP contribution is 2.37. The predicted molar refractivity (Wildman–Crippen MR) is 144 cm³/mol. The number of piperidine rings is 1. The summed E-state index contributed by atoms with van der Waals surface area (Å²) in [5.74, 6) is 8.02. The lowest BCUT2D eigenvalue weighted by atomic mass is 10.1. The van der Waals surface area contributed by atoms with Gasteiger partial charge in [0.05, 0.1) is 24.4 Å². The van der Waals surface area contributed by atoms with Crippen LogP contribution in [0, 0.1) is 0 Å². The van der Waals surface area contributed by atoms with Gasteiger partial charge in [-0.25, -0.2) is 10.8 Å². The number of thiazole rings is 1. The topological polar surface area (TPSA) is 89.9 Å². The summed E-state index contributed by atoms with van der Waals surface area (Å²) in [5.41, 5.74) is 10.4. The molecular weight excluding hydrogens is 458 g/mol. The van der Waals surface area contributed by atoms with Gasteiger partial charge in [-0.15, -0.1) is 11.3 Å². The Morgan fingerprint density at radius 3 is 2.60 bits per heavy atom. The van der Waals surface area contributed by atoms with E-state index in [2.05, 4.69) is 30.0 Å². The van der Waals surface area contributed by atoms with Crippen LogP contribution in [0.4, 0.5) is 0 Å². The first-order valence-electron chi connectivity index (χ1n) is 12.3. The van der Waals surface area contributed by atoms with Crippen LogP contribution in [0.2, 0.25) is 0 Å². The molecular formula is C27H37N5O2S. The molecule has 0 spiro atoms. The van der Waals surface area contributed by atoms with Crippen molar-refractivity contribution < 1.29 is 9.47 Å². The van der Waals surface area contributed by atoms with Gasteiger partial charge in [0.25, 0.3) is 0 Å². The molecule has 3 aromatic rings. The van der Waals surface area contributed by atoms with Crippen LogP contribution in [0.15, 0.2) is 48.3 Å². The number of likely N-dealkylation sites (tertiary alicyclic amines) is 1. The van der Waals surface area contributed by atoms with Crippen molar-refractivity contribution >= 4 is 21.6 Å². The zero-order valence-corrected chi connectivity index (χ0v) is 21.8. The smallest absolute Gasteiger partial charge is 0.161 e. The van der Waals surface area contributed by atoms with Crippen LogP contribution in [0.5, 0.6) is 11.5 Å². The molecule has 35 heavy (non-hydrogen) atoms. The maximum absolute atomic E-state index is 6.69. The fourth-order valence-electron chi connectivity index (χ4n) is 4.59. The van der Waals surface area contributed by atoms with Crippen molar-refractivity contribution in [1.29, 1.82) is 0 Å². The maximum atomic E-state index is 6.69. The second kappa shape index (κ2) is 11.7. The molecule has 0 saturated carbocycles. The number of aryl methyl sites for hydroxylation is 1. The van der Waals surface area contributed by atoms with Crippen molar-refractivity contribution in [3.63, 3.8) is 0 Å². The Bertz CT molecular complexity index is 1160. The van der Waals surface area contributed by atoms with Gasteiger partial charge in [0.2, 0.25) is 0 Å². The van der Waals surface area contributed by atoms with Crippen LogP contribution in [0.25, 0.3) is 10.2 Å². The highest BCUT2D eigenvalue weighted by Gasteiger charge is 2.24. The molecule has 8 heteroatoms. The minimum atomic E-state index is -0.314. The fourth-order valence-corrected chi connectivity index (χ4v) is 5.76. The molecule has 2 heterocycles. The summed E-state index contributed by atoms with van der Waals surface area (Å²) >= 11 is 1.66. The Hall–Kier alpha value is -2.81. The molecule has 4 N–H and O–H groups in total. The quantitative estimate of drug-likeness (QED) is 0.308. The molecule has 0 aliphatic carbocycles. The van der Waals surface area contributed by atoms with Crippen LogP contribution >= 0.6 is 11.3 Å². The average Bonchev–Trinajstić information content (AvgIpc) is 3.30. The number of rotatable bonds is 10. The summed E-state index contributed by atoms with van der Waals surface area (Å²) in [6.45, 7) is 5.42. The van der Waals surface area contributed by atoms with Crippen LogP contribution in [0.1, 0.15) is 54.8 Å². The van der Waals surface area contributed by atoms with Crippen molar-refractivity contribution in [3.05, 3.63) is 64.4 Å². The van der Waals surface area contributed by atoms with E-state index in [9.17, 15) is 0 Å². The average molecular weight is 496 g/mol. The normalized spacial score (nSPS) is 15.8. The molecule has 7 nitrogen and oxygen atoms in total. The van der Waals surface area contributed by atoms with E-state index in [4.69, 9.17) is 26.0 Å². The zero-order valence-electron chi connectivity index (χ0n) is 21.0. The Kier molecular flexibility index (Phi) is 8.49. The van der Waals surface area contributed by atoms with Crippen molar-refractivity contribution in [2.24, 2.45) is 11.6 Å². The third kappa shape index (κ3) is 6.07. The summed E-state index contributed by atoms with van der Waals surface area (Å²) in [6, 6.07) is 12.0. The first-order chi connectivity index (χ1) is 17.0. The molecule has 1 aliphatic heterocycles. The summed E-state index contributed by atoms with van der Waals surface area (Å²) in [5, 5.41) is 2.59. The molecule has 1 aromatic heterocycles. The molecule has 2 aromatic carbocycles. The lowest BCUT2D eigenvalue weighted by Crippen LogP contribution is -2.33. The summed E-state index contributed by atoms with van der Waals surface area (Å²) in [7, 11) is 3.27. The van der Waals surface area contributed by atoms with Gasteiger partial charge in [-0.2, -0.15) is 0 Å². The molecule has 1 aliphatic rings. The number of fused-ring (bicyclic) bond motifs is 1. The predicted octanol–water partition coefficient (Wildman–Crippen LogP) is 4.82. The second-order valence-electron chi connectivity index (χ2n) is 9.03. The minimum absolute atomic E-state index is 0.314. The van der Waals surface area contributed by atoms with Crippen molar-refractivity contribution in [1.82, 2.24) is 14.9 Å². The highest BCUT2D eigenvalue weighted by atomic mass is 32.1. The molecule has 4 rings (SSSR count). The van der Waals surface area contributed by atoms with Crippen LogP contribution in [0.3, 0.4) is 0 Å². The van der Waals surface area contributed by atoms with E-state index in [-0.39, 0.29) is 6.04 Å². The SMILES string of the molecule is CCc1ccc2nc(C(c3ccc(OC)c(OC)c3)N(N)/C=C(\N)CCN3CCCCC3)sc2c1. The van der Waals surface area contributed by atoms with E-state index in [1.54, 1.807) is 30.6 Å². The standard InChI is InChI=1S/C27H37N5O2S/c1-4-19-8-10-22-25(16-19)35-27(30-22)26(20-9-11-23(33-2)24(17-20)34-3)32(29)18-21(28)12-15-31-13-6-5-7-14-31/h8-11,16-18,26H,4-7,12-15,28-29H2,1-3H3/b21-18-. The lowest BCUT2D eigenvalue weighted by molar-refractivity contribution is 0.230. The molecule has 0 amide bonds. The van der Waals surface area contributed by atoms with Crippen LogP contribution in [-0.2, 0) is 6.42 Å². The van der Waals surface area contributed by atoms with Gasteiger partial charge < -0.3 is 25.1 Å². The van der Waals surface area contributed by atoms with E-state index in [0.717, 1.165) is 59.0 Å². The number of ether oxygens (including phenoxy) is 2. The van der Waals surface area contributed by atoms with E-state index in [0.29, 0.717) is 11.5 Å². The molecule has 1 saturated heterocycles. The largest absolute Gasteiger partial charge is 0.493 e. The summed E-state index contributed by atoms with van der Waals surface area (Å²) in [4.78, 5) is 7.44. The molecule has 0 bridgehead atoms. The zero-order chi connectivity index (χ0) is 24.8. The van der Waals surface area contributed by atoms with Crippen LogP contribution in [-0.4, -0.2) is 48.7 Å². The maximum Gasteiger partial charge on any atom is 0.161 e. The number of hydrogen-bond acceptors (Lipinski definition) is 8. The second-order valence-corrected chi connectivity index (χ2v) is 10.1. The van der Waals surface area contributed by atoms with Gasteiger partial charge in [-0.05, 0) is 67.7 Å². The number of nitrogens with two attached hydrogens (primary N) is 2. The van der Waals surface area contributed by atoms with Gasteiger partial charge >= 0.3 is 0 Å². The number of methoxy groups -OCH3 is 2. The number of benzene rings is 2. The summed E-state index contributed by atoms with van der Waals surface area (Å²) < 4.78 is 12.2. The number of aromatic nitrogens is 1. The summed E-state index contributed by atoms with van der Waals surface area (Å²) in [6.07, 6.45) is 7.49. The Morgan fingerprint density at radius 2 is 1.89 bits per heavy atom. The molecule has 1 unspecified atom stereocenters. The minimum Gasteiger partial charge on any atom is -0.493 e. The Balaban J connectivity index is 1.65. The van der Waals surface area contributed by atoms with E-state index in [1.165, 1.54) is 24.8 Å². The first-order valence-corrected chi connectivity index (χ1v) is 13.2. The van der Waals surface area contributed by atoms with Crippen molar-refractivity contribution in [2.45, 2.75) is 45.1 Å². The monoisotopic (exact) mass is 495 g/mol. The molecule has 1 atom stereocenters. The Morgan fingerprint density at radius 1 is 1.11 bits per heavy atom. The van der Waals surface area contributed by atoms with Gasteiger partial charge in [-0.3, -0.25) is 0 Å². The van der Waals surface area contributed by atoms with Gasteiger partial charge in [0.15, 0.2) is 11.5 Å². The van der Waals surface area contributed by atoms with Crippen LogP contribution < -0.4 is 21.1 Å². The lowest BCUT2D eigenvalue weighted by Gasteiger charge is -2.28. The molecule has 188 valence electrons. The van der Waals surface area contributed by atoms with Gasteiger partial charge in [0, 0.05) is 24.9 Å². The number of hydrogen-bond donors (Lipinski definition) is 2. The fraction of sp³-hybridized carbons (Fsp3) is 0.444. The first kappa shape index (κ1) is 25.3. The van der Waals surface area contributed by atoms with E-state index < -0.39 is 0 Å². The number of hydrazine groups is 1. The molecule has 1 fully saturated rings. The van der Waals surface area contributed by atoms with Gasteiger partial charge in [-0.1, -0.05) is 25.5 Å². The Labute approximate surface area is 212 Å². The third-order valence-corrected chi connectivity index (χ3v) is 7.68. The molecule has 0 radical (unpaired) electrons. The van der Waals surface area contributed by atoms with Crippen molar-refractivity contribution in [3.8, 4) is 11.5 Å². The van der Waals surface area contributed by atoms with Gasteiger partial charge in [0.1, 0.15) is 11.0 Å².